The van der Waals surface area contributed by atoms with Crippen molar-refractivity contribution in [1.29, 1.82) is 0 Å². The van der Waals surface area contributed by atoms with E-state index < -0.39 is 0 Å². The average molecular weight is 328 g/mol. The normalized spacial score (nSPS) is 20.2. The van der Waals surface area contributed by atoms with Gasteiger partial charge in [0.2, 0.25) is 0 Å². The van der Waals surface area contributed by atoms with Gasteiger partial charge >= 0.3 is 0 Å². The van der Waals surface area contributed by atoms with Crippen LogP contribution in [0.5, 0.6) is 0 Å². The minimum absolute atomic E-state index is 0.174. The number of carbonyl (C=O) groups excluding carboxylic acids is 1. The molecular formula is C15H19BrFNO. The van der Waals surface area contributed by atoms with Crippen LogP contribution in [-0.2, 0) is 0 Å². The predicted molar refractivity (Wildman–Crippen MR) is 78.2 cm³/mol. The highest BCUT2D eigenvalue weighted by Crippen LogP contribution is 2.22. The lowest BCUT2D eigenvalue weighted by Crippen LogP contribution is -2.41. The zero-order valence-corrected chi connectivity index (χ0v) is 12.7. The van der Waals surface area contributed by atoms with E-state index in [2.05, 4.69) is 15.9 Å². The van der Waals surface area contributed by atoms with E-state index in [0.717, 1.165) is 37.6 Å². The van der Waals surface area contributed by atoms with Gasteiger partial charge in [-0.05, 0) is 31.4 Å². The van der Waals surface area contributed by atoms with Crippen molar-refractivity contribution >= 4 is 21.8 Å². The van der Waals surface area contributed by atoms with Gasteiger partial charge in [0.15, 0.2) is 0 Å². The highest BCUT2D eigenvalue weighted by molar-refractivity contribution is 9.09. The van der Waals surface area contributed by atoms with Crippen LogP contribution in [0.3, 0.4) is 0 Å². The fourth-order valence-electron chi connectivity index (χ4n) is 2.57. The van der Waals surface area contributed by atoms with E-state index >= 15 is 0 Å². The number of amides is 1. The van der Waals surface area contributed by atoms with Gasteiger partial charge in [-0.2, -0.15) is 0 Å². The molecule has 1 amide bonds. The van der Waals surface area contributed by atoms with E-state index in [-0.39, 0.29) is 23.3 Å². The molecule has 1 saturated heterocycles. The molecule has 0 saturated carbocycles. The summed E-state index contributed by atoms with van der Waals surface area (Å²) >= 11 is 3.47. The molecular weight excluding hydrogens is 309 g/mol. The van der Waals surface area contributed by atoms with Crippen LogP contribution >= 0.6 is 15.9 Å². The molecule has 1 aromatic rings. The summed E-state index contributed by atoms with van der Waals surface area (Å²) in [7, 11) is 0. The zero-order valence-electron chi connectivity index (χ0n) is 11.2. The highest BCUT2D eigenvalue weighted by atomic mass is 79.9. The van der Waals surface area contributed by atoms with E-state index in [1.165, 1.54) is 0 Å². The van der Waals surface area contributed by atoms with Crippen LogP contribution in [0.2, 0.25) is 0 Å². The van der Waals surface area contributed by atoms with Crippen molar-refractivity contribution in [2.45, 2.75) is 38.6 Å². The van der Waals surface area contributed by atoms with E-state index in [0.29, 0.717) is 5.56 Å². The Labute approximate surface area is 122 Å². The Kier molecular flexibility index (Phi) is 4.97. The molecule has 1 fully saturated rings. The third-order valence-electron chi connectivity index (χ3n) is 3.74. The topological polar surface area (TPSA) is 20.3 Å². The van der Waals surface area contributed by atoms with Crippen LogP contribution in [-0.4, -0.2) is 28.7 Å². The number of likely N-dealkylation sites (tertiary alicyclic amines) is 1. The fourth-order valence-corrected chi connectivity index (χ4v) is 3.25. The van der Waals surface area contributed by atoms with Gasteiger partial charge in [-0.25, -0.2) is 4.39 Å². The molecule has 1 aromatic carbocycles. The van der Waals surface area contributed by atoms with Crippen LogP contribution in [0.15, 0.2) is 18.2 Å². The van der Waals surface area contributed by atoms with Gasteiger partial charge in [-0.15, -0.1) is 0 Å². The Morgan fingerprint density at radius 1 is 1.42 bits per heavy atom. The van der Waals surface area contributed by atoms with Gasteiger partial charge in [0.05, 0.1) is 5.56 Å². The summed E-state index contributed by atoms with van der Waals surface area (Å²) in [6.07, 6.45) is 4.27. The predicted octanol–water partition coefficient (Wildman–Crippen LogP) is 3.91. The number of rotatable bonds is 2. The Morgan fingerprint density at radius 2 is 2.21 bits per heavy atom. The second-order valence-electron chi connectivity index (χ2n) is 5.09. The first-order chi connectivity index (χ1) is 9.15. The zero-order chi connectivity index (χ0) is 13.8. The van der Waals surface area contributed by atoms with Crippen LogP contribution in [0, 0.1) is 12.7 Å². The Morgan fingerprint density at radius 3 is 2.95 bits per heavy atom. The van der Waals surface area contributed by atoms with Crippen molar-refractivity contribution in [2.24, 2.45) is 0 Å². The first-order valence-corrected chi connectivity index (χ1v) is 7.89. The van der Waals surface area contributed by atoms with Crippen LogP contribution in [0.1, 0.15) is 41.6 Å². The van der Waals surface area contributed by atoms with Gasteiger partial charge in [0.1, 0.15) is 5.82 Å². The summed E-state index contributed by atoms with van der Waals surface area (Å²) in [5.41, 5.74) is 0.726. The number of hydrogen-bond acceptors (Lipinski definition) is 1. The molecule has 19 heavy (non-hydrogen) atoms. The maximum absolute atomic E-state index is 14.1. The third kappa shape index (κ3) is 3.16. The SMILES string of the molecule is Cc1cccc(C(=O)N2CCCCCC2CBr)c1F. The van der Waals surface area contributed by atoms with E-state index in [1.54, 1.807) is 25.1 Å². The quantitative estimate of drug-likeness (QED) is 0.754. The first-order valence-electron chi connectivity index (χ1n) is 6.77. The maximum atomic E-state index is 14.1. The number of nitrogens with zero attached hydrogens (tertiary/aromatic N) is 1. The van der Waals surface area contributed by atoms with E-state index in [4.69, 9.17) is 0 Å². The molecule has 104 valence electrons. The molecule has 1 aliphatic rings. The minimum Gasteiger partial charge on any atom is -0.335 e. The monoisotopic (exact) mass is 327 g/mol. The first kappa shape index (κ1) is 14.5. The molecule has 2 rings (SSSR count). The Balaban J connectivity index is 2.28. The number of carbonyl (C=O) groups is 1. The lowest BCUT2D eigenvalue weighted by Gasteiger charge is -2.29. The van der Waals surface area contributed by atoms with Crippen molar-refractivity contribution in [3.05, 3.63) is 35.1 Å². The van der Waals surface area contributed by atoms with Crippen LogP contribution in [0.4, 0.5) is 4.39 Å². The van der Waals surface area contributed by atoms with Crippen molar-refractivity contribution in [3.63, 3.8) is 0 Å². The molecule has 0 spiro atoms. The molecule has 0 aromatic heterocycles. The molecule has 0 radical (unpaired) electrons. The Bertz CT molecular complexity index is 463. The number of alkyl halides is 1. The molecule has 4 heteroatoms. The van der Waals surface area contributed by atoms with Crippen molar-refractivity contribution in [1.82, 2.24) is 4.90 Å². The summed E-state index contributed by atoms with van der Waals surface area (Å²) in [5, 5.41) is 0.756. The van der Waals surface area contributed by atoms with Crippen molar-refractivity contribution in [2.75, 3.05) is 11.9 Å². The number of benzene rings is 1. The molecule has 2 nitrogen and oxygen atoms in total. The summed E-state index contributed by atoms with van der Waals surface area (Å²) in [5.74, 6) is -0.558. The van der Waals surface area contributed by atoms with Crippen molar-refractivity contribution in [3.8, 4) is 0 Å². The largest absolute Gasteiger partial charge is 0.335 e. The minimum atomic E-state index is -0.384. The fraction of sp³-hybridized carbons (Fsp3) is 0.533. The molecule has 1 heterocycles. The number of aryl methyl sites for hydroxylation is 1. The molecule has 1 aliphatic heterocycles. The second kappa shape index (κ2) is 6.51. The van der Waals surface area contributed by atoms with Gasteiger partial charge in [-0.1, -0.05) is 40.9 Å². The van der Waals surface area contributed by atoms with E-state index in [1.807, 2.05) is 4.90 Å². The van der Waals surface area contributed by atoms with Gasteiger partial charge in [0.25, 0.3) is 5.91 Å². The lowest BCUT2D eigenvalue weighted by molar-refractivity contribution is 0.0697. The number of hydrogen-bond donors (Lipinski definition) is 0. The molecule has 1 atom stereocenters. The second-order valence-corrected chi connectivity index (χ2v) is 5.74. The highest BCUT2D eigenvalue weighted by Gasteiger charge is 2.27. The lowest BCUT2D eigenvalue weighted by atomic mass is 10.1. The molecule has 0 bridgehead atoms. The van der Waals surface area contributed by atoms with Crippen LogP contribution < -0.4 is 0 Å². The van der Waals surface area contributed by atoms with Gasteiger partial charge < -0.3 is 4.90 Å². The maximum Gasteiger partial charge on any atom is 0.257 e. The summed E-state index contributed by atoms with van der Waals surface area (Å²) in [6.45, 7) is 2.42. The van der Waals surface area contributed by atoms with Crippen molar-refractivity contribution < 1.29 is 9.18 Å². The molecule has 1 unspecified atom stereocenters. The van der Waals surface area contributed by atoms with Gasteiger partial charge in [0, 0.05) is 17.9 Å². The molecule has 0 aliphatic carbocycles. The summed E-state index contributed by atoms with van der Waals surface area (Å²) in [4.78, 5) is 14.4. The number of halogens is 2. The average Bonchev–Trinajstić information content (AvgIpc) is 2.66. The Hall–Kier alpha value is -0.900. The summed E-state index contributed by atoms with van der Waals surface area (Å²) in [6, 6.07) is 5.19. The van der Waals surface area contributed by atoms with Gasteiger partial charge in [-0.3, -0.25) is 4.79 Å². The molecule has 0 N–H and O–H groups in total. The third-order valence-corrected chi connectivity index (χ3v) is 4.49. The standard InChI is InChI=1S/C15H19BrFNO/c1-11-6-5-8-13(14(11)17)15(19)18-9-4-2-3-7-12(18)10-16/h5-6,8,12H,2-4,7,9-10H2,1H3. The van der Waals surface area contributed by atoms with Crippen LogP contribution in [0.25, 0.3) is 0 Å². The summed E-state index contributed by atoms with van der Waals surface area (Å²) < 4.78 is 14.1. The smallest absolute Gasteiger partial charge is 0.257 e. The van der Waals surface area contributed by atoms with E-state index in [9.17, 15) is 9.18 Å².